The Morgan fingerprint density at radius 3 is 1.75 bits per heavy atom. The minimum absolute atomic E-state index is 0. The molecule has 0 radical (unpaired) electrons. The van der Waals surface area contributed by atoms with E-state index in [-0.39, 0.29) is 35.4 Å². The lowest BCUT2D eigenvalue weighted by Crippen LogP contribution is -2.54. The topological polar surface area (TPSA) is 336 Å². The number of nitrogens with two attached hydrogens (primary N) is 1. The van der Waals surface area contributed by atoms with Gasteiger partial charge in [-0.25, -0.2) is 5.90 Å². The SMILES string of the molecule is CCc1cc(C(=O)N[C@@H](Cc2ccc(C(F)(F)P(=O)([O-])O)c(Br)c2)C(=O)N[C@@H](Cc2ccc(C(F)(F)P(=O)([O-])O[NH3+])c(Br)c2)C(N)=O)cc(C2(C(F)(F)F)N=N2)c1.[NH4+].[NH4+]. The van der Waals surface area contributed by atoms with Crippen molar-refractivity contribution in [1.29, 1.82) is 0 Å². The van der Waals surface area contributed by atoms with Crippen molar-refractivity contribution < 1.29 is 79.4 Å². The number of nitrogens with one attached hydrogen (secondary N) is 2. The number of amides is 3. The molecule has 0 spiro atoms. The third-order valence-corrected chi connectivity index (χ3v) is 12.0. The van der Waals surface area contributed by atoms with Gasteiger partial charge in [-0.2, -0.15) is 35.4 Å². The third-order valence-electron chi connectivity index (χ3n) is 8.51. The molecule has 2 unspecified atom stereocenters. The van der Waals surface area contributed by atoms with Gasteiger partial charge in [0.25, 0.3) is 13.5 Å². The normalized spacial score (nSPS) is 16.6. The number of carbonyl (C=O) groups excluding carboxylic acids is 3. The quantitative estimate of drug-likeness (QED) is 0.0597. The summed E-state index contributed by atoms with van der Waals surface area (Å²) in [4.78, 5) is 72.2. The van der Waals surface area contributed by atoms with Gasteiger partial charge >= 0.3 is 23.2 Å². The van der Waals surface area contributed by atoms with Crippen molar-refractivity contribution in [3.05, 3.63) is 102 Å². The molecule has 59 heavy (non-hydrogen) atoms. The fourth-order valence-corrected chi connectivity index (χ4v) is 8.14. The van der Waals surface area contributed by atoms with Gasteiger partial charge in [0.1, 0.15) is 12.1 Å². The third kappa shape index (κ3) is 10.8. The first-order valence-corrected chi connectivity index (χ1v) is 20.5. The Morgan fingerprint density at radius 1 is 0.847 bits per heavy atom. The number of hydrogen-bond acceptors (Lipinski definition) is 10. The number of quaternary nitrogens is 3. The highest BCUT2D eigenvalue weighted by molar-refractivity contribution is 9.10. The van der Waals surface area contributed by atoms with Crippen LogP contribution in [0.2, 0.25) is 0 Å². The number of nitrogens with zero attached hydrogens (tertiary/aromatic N) is 2. The van der Waals surface area contributed by atoms with Crippen molar-refractivity contribution in [3.63, 3.8) is 0 Å². The number of benzene rings is 3. The molecule has 0 bridgehead atoms. The van der Waals surface area contributed by atoms with Crippen LogP contribution in [0.25, 0.3) is 0 Å². The van der Waals surface area contributed by atoms with Crippen molar-refractivity contribution in [2.24, 2.45) is 16.0 Å². The highest BCUT2D eigenvalue weighted by Crippen LogP contribution is 2.60. The number of rotatable bonds is 16. The second kappa shape index (κ2) is 18.5. The van der Waals surface area contributed by atoms with E-state index in [0.29, 0.717) is 12.1 Å². The molecule has 0 saturated heterocycles. The molecule has 0 aromatic heterocycles. The number of primary amides is 1. The van der Waals surface area contributed by atoms with E-state index in [9.17, 15) is 64.0 Å². The van der Waals surface area contributed by atoms with E-state index in [2.05, 4.69) is 63.2 Å². The summed E-state index contributed by atoms with van der Waals surface area (Å²) in [5.74, 6) is -1.02. The van der Waals surface area contributed by atoms with Gasteiger partial charge in [-0.05, 0) is 47.4 Å². The van der Waals surface area contributed by atoms with Crippen LogP contribution >= 0.6 is 47.1 Å². The highest BCUT2D eigenvalue weighted by atomic mass is 79.9. The molecule has 0 saturated carbocycles. The van der Waals surface area contributed by atoms with E-state index in [1.807, 2.05) is 0 Å². The molecule has 4 atom stereocenters. The van der Waals surface area contributed by atoms with Crippen molar-refractivity contribution in [3.8, 4) is 0 Å². The lowest BCUT2D eigenvalue weighted by atomic mass is 9.95. The summed E-state index contributed by atoms with van der Waals surface area (Å²) in [5.41, 5.74) is -9.71. The van der Waals surface area contributed by atoms with Gasteiger partial charge in [0.15, 0.2) is 0 Å². The van der Waals surface area contributed by atoms with Crippen molar-refractivity contribution in [2.45, 2.75) is 61.4 Å². The van der Waals surface area contributed by atoms with E-state index < -0.39 is 112 Å². The van der Waals surface area contributed by atoms with E-state index in [4.69, 9.17) is 10.6 Å². The minimum atomic E-state index is -6.27. The summed E-state index contributed by atoms with van der Waals surface area (Å²) in [6.07, 6.45) is -5.97. The Bertz CT molecular complexity index is 2230. The maximum absolute atomic E-state index is 14.6. The average Bonchev–Trinajstić information content (AvgIpc) is 3.93. The standard InChI is InChI=1S/C31H29Br2F7N6O9P2.2H3N/c1-2-14-7-17(13-18(8-14)28(45-46-28)31(38,39)40)26(48)44-24(12-16-3-5-19(21(32)10-16)29(34,35)56(50,51)52)27(49)43-23(25(41)47)11-15-4-6-20(22(33)9-15)30(36,37)57(53,54)55-42;;/h3-10,13,23-24H,2,11-12H2,1,42H3,(H6-,41,43,44,47,48,49,50,51,52,53,54);2*1H3/p+1/t23-,24-;;/m0../s1. The van der Waals surface area contributed by atoms with Crippen molar-refractivity contribution >= 4 is 64.8 Å². The molecule has 28 heteroatoms. The fraction of sp³-hybridized carbons (Fsp3) is 0.323. The monoisotopic (exact) mass is 1020 g/mol. The smallest absolute Gasteiger partial charge is 0.442 e. The van der Waals surface area contributed by atoms with Crippen LogP contribution in [-0.4, -0.2) is 40.9 Å². The molecule has 3 aromatic carbocycles. The van der Waals surface area contributed by atoms with E-state index in [0.717, 1.165) is 36.4 Å². The Hall–Kier alpha value is -3.68. The molecule has 326 valence electrons. The number of carbonyl (C=O) groups is 3. The van der Waals surface area contributed by atoms with Crippen LogP contribution in [0.5, 0.6) is 0 Å². The predicted octanol–water partition coefficient (Wildman–Crippen LogP) is 4.63. The predicted molar refractivity (Wildman–Crippen MR) is 198 cm³/mol. The maximum Gasteiger partial charge on any atom is 0.442 e. The zero-order chi connectivity index (χ0) is 43.1. The van der Waals surface area contributed by atoms with Crippen molar-refractivity contribution in [2.75, 3.05) is 0 Å². The molecule has 4 rings (SSSR count). The largest absolute Gasteiger partial charge is 0.774 e. The van der Waals surface area contributed by atoms with Crippen LogP contribution in [0, 0.1) is 0 Å². The number of halogens is 9. The van der Waals surface area contributed by atoms with Gasteiger partial charge in [-0.1, -0.05) is 69.1 Å². The van der Waals surface area contributed by atoms with Gasteiger partial charge in [0, 0.05) is 44.0 Å². The van der Waals surface area contributed by atoms with Gasteiger partial charge in [0.05, 0.1) is 0 Å². The molecule has 0 fully saturated rings. The molecular weight excluding hydrogens is 983 g/mol. The number of aryl methyl sites for hydroxylation is 1. The number of hydrogen-bond donors (Lipinski definition) is 7. The van der Waals surface area contributed by atoms with Gasteiger partial charge in [0.2, 0.25) is 19.4 Å². The first-order valence-electron chi connectivity index (χ1n) is 15.8. The van der Waals surface area contributed by atoms with Crippen LogP contribution in [0.15, 0.2) is 73.8 Å². The second-order valence-electron chi connectivity index (χ2n) is 12.4. The van der Waals surface area contributed by atoms with E-state index >= 15 is 0 Å². The molecule has 17 nitrogen and oxygen atoms in total. The summed E-state index contributed by atoms with van der Waals surface area (Å²) >= 11 is 5.61. The summed E-state index contributed by atoms with van der Waals surface area (Å²) in [7, 11) is -12.1. The van der Waals surface area contributed by atoms with Gasteiger partial charge in [-0.3, -0.25) is 18.9 Å². The molecule has 0 aliphatic carbocycles. The van der Waals surface area contributed by atoms with Crippen LogP contribution in [0.4, 0.5) is 30.7 Å². The highest BCUT2D eigenvalue weighted by Gasteiger charge is 2.65. The van der Waals surface area contributed by atoms with Gasteiger partial charge in [-0.15, -0.1) is 10.2 Å². The van der Waals surface area contributed by atoms with Crippen LogP contribution < -0.4 is 44.4 Å². The molecule has 1 aliphatic rings. The first kappa shape index (κ1) is 51.5. The summed E-state index contributed by atoms with van der Waals surface area (Å²) in [6, 6.07) is 4.81. The summed E-state index contributed by atoms with van der Waals surface area (Å²) < 4.78 is 126. The van der Waals surface area contributed by atoms with Gasteiger partial charge < -0.3 is 47.9 Å². The van der Waals surface area contributed by atoms with Crippen LogP contribution in [0.1, 0.15) is 50.7 Å². The average molecular weight is 1020 g/mol. The molecular formula is C31H36Br2F7N8O9P2+. The molecule has 3 amide bonds. The van der Waals surface area contributed by atoms with E-state index in [1.54, 1.807) is 6.92 Å². The van der Waals surface area contributed by atoms with Crippen LogP contribution in [-0.2, 0) is 59.6 Å². The summed E-state index contributed by atoms with van der Waals surface area (Å²) in [6.45, 7) is 1.58. The number of alkyl halides is 7. The molecule has 16 N–H and O–H groups in total. The summed E-state index contributed by atoms with van der Waals surface area (Å²) in [5, 5.41) is 10.9. The van der Waals surface area contributed by atoms with Crippen LogP contribution in [0.3, 0.4) is 0 Å². The second-order valence-corrected chi connectivity index (χ2v) is 17.5. The zero-order valence-corrected chi connectivity index (χ0v) is 35.6. The Morgan fingerprint density at radius 2 is 1.34 bits per heavy atom. The Balaban J connectivity index is 0.00000600. The fourth-order valence-electron chi connectivity index (χ4n) is 5.33. The lowest BCUT2D eigenvalue weighted by Gasteiger charge is -2.28. The zero-order valence-electron chi connectivity index (χ0n) is 30.7. The van der Waals surface area contributed by atoms with E-state index in [1.165, 1.54) is 6.07 Å². The Kier molecular flexibility index (Phi) is 16.2. The molecule has 1 heterocycles. The lowest BCUT2D eigenvalue weighted by molar-refractivity contribution is -0.650. The first-order chi connectivity index (χ1) is 26.1. The molecule has 1 aliphatic heterocycles. The molecule has 3 aromatic rings. The Labute approximate surface area is 346 Å². The minimum Gasteiger partial charge on any atom is -0.774 e. The maximum atomic E-state index is 14.6. The van der Waals surface area contributed by atoms with Crippen molar-refractivity contribution in [1.82, 2.24) is 22.9 Å².